The molecule has 0 spiro atoms. The molecule has 222 valence electrons. The number of hydrogen-bond acceptors (Lipinski definition) is 6. The van der Waals surface area contributed by atoms with Gasteiger partial charge in [0, 0.05) is 70.0 Å². The zero-order valence-corrected chi connectivity index (χ0v) is 24.9. The van der Waals surface area contributed by atoms with Gasteiger partial charge in [-0.3, -0.25) is 9.69 Å². The molecule has 0 unspecified atom stereocenters. The lowest BCUT2D eigenvalue weighted by atomic mass is 9.96. The van der Waals surface area contributed by atoms with Gasteiger partial charge in [0.25, 0.3) is 5.91 Å². The van der Waals surface area contributed by atoms with Crippen LogP contribution < -0.4 is 9.80 Å². The molecule has 2 saturated heterocycles. The summed E-state index contributed by atoms with van der Waals surface area (Å²) in [5.74, 6) is -2.08. The first-order chi connectivity index (χ1) is 20.7. The Kier molecular flexibility index (Phi) is 8.94. The highest BCUT2D eigenvalue weighted by Crippen LogP contribution is 2.28. The predicted molar refractivity (Wildman–Crippen MR) is 163 cm³/mol. The van der Waals surface area contributed by atoms with E-state index in [2.05, 4.69) is 28.9 Å². The van der Waals surface area contributed by atoms with Gasteiger partial charge in [0.2, 0.25) is 0 Å². The Hall–Kier alpha value is -4.47. The highest BCUT2D eigenvalue weighted by Gasteiger charge is 2.31. The van der Waals surface area contributed by atoms with Crippen molar-refractivity contribution in [3.05, 3.63) is 93.5 Å². The summed E-state index contributed by atoms with van der Waals surface area (Å²) in [7, 11) is 0. The molecule has 9 heteroatoms. The highest BCUT2D eigenvalue weighted by atomic mass is 19.2. The molecule has 1 atom stereocenters. The van der Waals surface area contributed by atoms with Gasteiger partial charge in [0.05, 0.1) is 22.5 Å². The van der Waals surface area contributed by atoms with E-state index in [-0.39, 0.29) is 17.5 Å². The number of halogens is 2. The summed E-state index contributed by atoms with van der Waals surface area (Å²) < 4.78 is 27.7. The third-order valence-electron chi connectivity index (χ3n) is 8.74. The minimum atomic E-state index is -1.04. The number of nitriles is 2. The number of carbonyl (C=O) groups is 1. The van der Waals surface area contributed by atoms with Crippen molar-refractivity contribution in [1.29, 1.82) is 10.5 Å². The Labute approximate surface area is 252 Å². The summed E-state index contributed by atoms with van der Waals surface area (Å²) in [5, 5.41) is 18.9. The first-order valence-corrected chi connectivity index (χ1v) is 14.7. The Morgan fingerprint density at radius 2 is 1.51 bits per heavy atom. The minimum absolute atomic E-state index is 0.0403. The Balaban J connectivity index is 1.22. The molecule has 0 bridgehead atoms. The Bertz CT molecular complexity index is 1600. The normalized spacial score (nSPS) is 17.5. The van der Waals surface area contributed by atoms with Gasteiger partial charge in [-0.1, -0.05) is 18.2 Å². The average molecular weight is 583 g/mol. The third-order valence-corrected chi connectivity index (χ3v) is 8.74. The largest absolute Gasteiger partial charge is 0.368 e. The van der Waals surface area contributed by atoms with Crippen LogP contribution in [-0.2, 0) is 6.42 Å². The maximum atomic E-state index is 14.0. The third kappa shape index (κ3) is 6.33. The molecule has 2 heterocycles. The van der Waals surface area contributed by atoms with E-state index in [1.54, 1.807) is 0 Å². The second-order valence-corrected chi connectivity index (χ2v) is 11.5. The van der Waals surface area contributed by atoms with Gasteiger partial charge in [-0.25, -0.2) is 8.78 Å². The molecule has 3 aromatic rings. The molecule has 3 aromatic carbocycles. The number of hydrogen-bond donors (Lipinski definition) is 0. The van der Waals surface area contributed by atoms with Crippen LogP contribution in [0.5, 0.6) is 0 Å². The van der Waals surface area contributed by atoms with Crippen LogP contribution in [-0.4, -0.2) is 74.1 Å². The molecule has 0 radical (unpaired) electrons. The Morgan fingerprint density at radius 1 is 0.837 bits per heavy atom. The van der Waals surface area contributed by atoms with Crippen LogP contribution in [0.4, 0.5) is 20.2 Å². The fourth-order valence-electron chi connectivity index (χ4n) is 6.25. The van der Waals surface area contributed by atoms with Crippen molar-refractivity contribution < 1.29 is 13.6 Å². The number of anilines is 2. The lowest BCUT2D eigenvalue weighted by Crippen LogP contribution is -2.54. The van der Waals surface area contributed by atoms with Crippen molar-refractivity contribution in [3.8, 4) is 12.1 Å². The van der Waals surface area contributed by atoms with E-state index in [0.29, 0.717) is 36.4 Å². The maximum absolute atomic E-state index is 14.0. The number of piperazine rings is 2. The minimum Gasteiger partial charge on any atom is -0.368 e. The average Bonchev–Trinajstić information content (AvgIpc) is 3.01. The summed E-state index contributed by atoms with van der Waals surface area (Å²) in [4.78, 5) is 22.2. The topological polar surface area (TPSA) is 77.6 Å². The van der Waals surface area contributed by atoms with E-state index in [1.807, 2.05) is 60.0 Å². The summed E-state index contributed by atoms with van der Waals surface area (Å²) in [6.07, 6.45) is 0.831. The summed E-state index contributed by atoms with van der Waals surface area (Å²) >= 11 is 0. The number of rotatable bonds is 6. The second-order valence-electron chi connectivity index (χ2n) is 11.5. The number of aryl methyl sites for hydroxylation is 2. The van der Waals surface area contributed by atoms with Crippen LogP contribution in [0.25, 0.3) is 0 Å². The number of para-hydroxylation sites is 1. The van der Waals surface area contributed by atoms with Gasteiger partial charge in [-0.05, 0) is 68.1 Å². The van der Waals surface area contributed by atoms with E-state index in [4.69, 9.17) is 0 Å². The van der Waals surface area contributed by atoms with Crippen LogP contribution in [0.3, 0.4) is 0 Å². The first-order valence-electron chi connectivity index (χ1n) is 14.7. The molecular weight excluding hydrogens is 546 g/mol. The van der Waals surface area contributed by atoms with Crippen molar-refractivity contribution in [2.45, 2.75) is 33.2 Å². The molecule has 0 aromatic heterocycles. The van der Waals surface area contributed by atoms with Gasteiger partial charge in [0.15, 0.2) is 11.6 Å². The standard InChI is InChI=1S/C34H36F2N6O/c1-23-16-24(2)29(17-26(23)8-9-39-10-12-40(13-11-39)32-7-5-4-6-27(32)20-37)34(43)42-15-14-41(22-25(42)3)33-19-31(36)30(35)18-28(33)21-38/h4-7,16-19,25H,8-15,22H2,1-3H3/t25-/m0/s1. The molecule has 1 amide bonds. The van der Waals surface area contributed by atoms with Crippen molar-refractivity contribution in [1.82, 2.24) is 9.80 Å². The Morgan fingerprint density at radius 3 is 2.21 bits per heavy atom. The molecule has 2 aliphatic rings. The lowest BCUT2D eigenvalue weighted by Gasteiger charge is -2.41. The second kappa shape index (κ2) is 12.8. The first kappa shape index (κ1) is 30.0. The van der Waals surface area contributed by atoms with Crippen molar-refractivity contribution in [2.75, 3.05) is 62.2 Å². The van der Waals surface area contributed by atoms with Gasteiger partial charge < -0.3 is 14.7 Å². The fourth-order valence-corrected chi connectivity index (χ4v) is 6.25. The van der Waals surface area contributed by atoms with Crippen molar-refractivity contribution in [3.63, 3.8) is 0 Å². The maximum Gasteiger partial charge on any atom is 0.254 e. The molecule has 0 aliphatic carbocycles. The molecule has 0 N–H and O–H groups in total. The highest BCUT2D eigenvalue weighted by molar-refractivity contribution is 5.96. The van der Waals surface area contributed by atoms with Crippen LogP contribution in [0.1, 0.15) is 45.1 Å². The summed E-state index contributed by atoms with van der Waals surface area (Å²) in [6.45, 7) is 11.6. The van der Waals surface area contributed by atoms with Crippen LogP contribution in [0, 0.1) is 48.1 Å². The number of benzene rings is 3. The molecule has 0 saturated carbocycles. The van der Waals surface area contributed by atoms with E-state index < -0.39 is 11.6 Å². The zero-order valence-electron chi connectivity index (χ0n) is 24.9. The zero-order chi connectivity index (χ0) is 30.7. The predicted octanol–water partition coefficient (Wildman–Crippen LogP) is 5.04. The number of amides is 1. The van der Waals surface area contributed by atoms with Crippen LogP contribution >= 0.6 is 0 Å². The number of nitrogens with zero attached hydrogens (tertiary/aromatic N) is 6. The molecular formula is C34H36F2N6O. The molecule has 2 aliphatic heterocycles. The van der Waals surface area contributed by atoms with Gasteiger partial charge in [-0.2, -0.15) is 10.5 Å². The van der Waals surface area contributed by atoms with E-state index in [0.717, 1.165) is 73.7 Å². The smallest absolute Gasteiger partial charge is 0.254 e. The van der Waals surface area contributed by atoms with Gasteiger partial charge >= 0.3 is 0 Å². The number of carbonyl (C=O) groups excluding carboxylic acids is 1. The quantitative estimate of drug-likeness (QED) is 0.405. The molecule has 7 nitrogen and oxygen atoms in total. The van der Waals surface area contributed by atoms with Crippen LogP contribution in [0.2, 0.25) is 0 Å². The summed E-state index contributed by atoms with van der Waals surface area (Å²) in [6, 6.07) is 17.9. The lowest BCUT2D eigenvalue weighted by molar-refractivity contribution is 0.0673. The van der Waals surface area contributed by atoms with Crippen molar-refractivity contribution >= 4 is 17.3 Å². The van der Waals surface area contributed by atoms with Crippen molar-refractivity contribution in [2.24, 2.45) is 0 Å². The monoisotopic (exact) mass is 582 g/mol. The molecule has 2 fully saturated rings. The van der Waals surface area contributed by atoms with Gasteiger partial charge in [-0.15, -0.1) is 0 Å². The SMILES string of the molecule is Cc1cc(C)c(C(=O)N2CCN(c3cc(F)c(F)cc3C#N)C[C@@H]2C)cc1CCN1CCN(c2ccccc2C#N)CC1. The fraction of sp³-hybridized carbons (Fsp3) is 0.382. The van der Waals surface area contributed by atoms with Gasteiger partial charge in [0.1, 0.15) is 12.1 Å². The summed E-state index contributed by atoms with van der Waals surface area (Å²) in [5.41, 5.74) is 6.06. The van der Waals surface area contributed by atoms with Crippen LogP contribution in [0.15, 0.2) is 48.5 Å². The van der Waals surface area contributed by atoms with E-state index in [1.165, 1.54) is 0 Å². The van der Waals surface area contributed by atoms with E-state index >= 15 is 0 Å². The van der Waals surface area contributed by atoms with E-state index in [9.17, 15) is 24.1 Å². The molecule has 5 rings (SSSR count). The molecule has 43 heavy (non-hydrogen) atoms.